The molecule has 4 rings (SSSR count). The van der Waals surface area contributed by atoms with E-state index in [1.807, 2.05) is 42.8 Å². The first-order valence-corrected chi connectivity index (χ1v) is 10.8. The number of Topliss-reactive ketones (excluding diaryl/α,β-unsaturated/α-hetero) is 1. The molecule has 150 valence electrons. The number of pyridine rings is 1. The number of thiophene rings is 1. The minimum atomic E-state index is -0.532. The molecule has 6 heteroatoms. The van der Waals surface area contributed by atoms with E-state index in [0.717, 1.165) is 29.0 Å². The third kappa shape index (κ3) is 3.81. The first kappa shape index (κ1) is 19.7. The van der Waals surface area contributed by atoms with E-state index < -0.39 is 5.92 Å². The van der Waals surface area contributed by atoms with Crippen molar-refractivity contribution in [3.63, 3.8) is 0 Å². The number of amides is 1. The van der Waals surface area contributed by atoms with E-state index in [2.05, 4.69) is 24.1 Å². The number of allylic oxidation sites excluding steroid dienone is 2. The molecule has 3 heterocycles. The Balaban J connectivity index is 1.76. The highest BCUT2D eigenvalue weighted by Crippen LogP contribution is 2.48. The van der Waals surface area contributed by atoms with Gasteiger partial charge < -0.3 is 5.32 Å². The Hall–Kier alpha value is -2.60. The van der Waals surface area contributed by atoms with Gasteiger partial charge in [0, 0.05) is 35.5 Å². The summed E-state index contributed by atoms with van der Waals surface area (Å²) >= 11 is 1.58. The van der Waals surface area contributed by atoms with E-state index >= 15 is 0 Å². The van der Waals surface area contributed by atoms with E-state index in [9.17, 15) is 9.59 Å². The largest absolute Gasteiger partial charge is 0.310 e. The van der Waals surface area contributed by atoms with Crippen LogP contribution in [0.15, 0.2) is 51.4 Å². The van der Waals surface area contributed by atoms with Gasteiger partial charge in [0.25, 0.3) is 0 Å². The summed E-state index contributed by atoms with van der Waals surface area (Å²) in [6.45, 7) is 8.05. The van der Waals surface area contributed by atoms with Gasteiger partial charge in [0.1, 0.15) is 5.82 Å². The number of ketones is 1. The summed E-state index contributed by atoms with van der Waals surface area (Å²) in [7, 11) is 0. The van der Waals surface area contributed by atoms with Crippen molar-refractivity contribution in [3.8, 4) is 0 Å². The highest BCUT2D eigenvalue weighted by atomic mass is 32.1. The minimum Gasteiger partial charge on any atom is -0.310 e. The molecule has 2 aromatic heterocycles. The first-order chi connectivity index (χ1) is 13.7. The molecule has 0 spiro atoms. The van der Waals surface area contributed by atoms with Crippen LogP contribution in [-0.2, 0) is 9.59 Å². The topological polar surface area (TPSA) is 71.4 Å². The molecule has 5 nitrogen and oxygen atoms in total. The summed E-state index contributed by atoms with van der Waals surface area (Å²) < 4.78 is 0. The van der Waals surface area contributed by atoms with Gasteiger partial charge in [-0.3, -0.25) is 14.6 Å². The average molecular weight is 408 g/mol. The van der Waals surface area contributed by atoms with E-state index in [1.54, 1.807) is 17.5 Å². The fraction of sp³-hybridized carbons (Fsp3) is 0.391. The van der Waals surface area contributed by atoms with Gasteiger partial charge in [-0.2, -0.15) is 11.3 Å². The molecular weight excluding hydrogens is 382 g/mol. The molecular formula is C23H25N3O2S. The Morgan fingerprint density at radius 2 is 2.03 bits per heavy atom. The number of hydrogen-bond acceptors (Lipinski definition) is 5. The van der Waals surface area contributed by atoms with Gasteiger partial charge in [-0.25, -0.2) is 4.98 Å². The Morgan fingerprint density at radius 3 is 2.72 bits per heavy atom. The van der Waals surface area contributed by atoms with E-state index in [-0.39, 0.29) is 23.0 Å². The molecule has 0 fully saturated rings. The summed E-state index contributed by atoms with van der Waals surface area (Å²) in [6.07, 6.45) is 2.91. The molecule has 1 N–H and O–H groups in total. The fourth-order valence-corrected chi connectivity index (χ4v) is 5.10. The van der Waals surface area contributed by atoms with Crippen LogP contribution in [0.5, 0.6) is 0 Å². The lowest BCUT2D eigenvalue weighted by Gasteiger charge is -2.38. The van der Waals surface area contributed by atoms with E-state index in [4.69, 9.17) is 4.99 Å². The number of aryl methyl sites for hydroxylation is 1. The lowest BCUT2D eigenvalue weighted by molar-refractivity contribution is -0.119. The number of rotatable bonds is 3. The van der Waals surface area contributed by atoms with Crippen LogP contribution in [0.3, 0.4) is 0 Å². The highest BCUT2D eigenvalue weighted by molar-refractivity contribution is 7.08. The van der Waals surface area contributed by atoms with Gasteiger partial charge in [-0.05, 0) is 65.8 Å². The number of carbonyl (C=O) groups excluding carboxylic acids is 2. The molecule has 0 saturated heterocycles. The average Bonchev–Trinajstić information content (AvgIpc) is 3.13. The molecule has 0 radical (unpaired) electrons. The smallest absolute Gasteiger partial charge is 0.235 e. The second-order valence-corrected chi connectivity index (χ2v) is 9.55. The molecule has 0 aromatic carbocycles. The molecule has 29 heavy (non-hydrogen) atoms. The number of aromatic nitrogens is 1. The van der Waals surface area contributed by atoms with Crippen LogP contribution < -0.4 is 5.32 Å². The number of nitrogens with zero attached hydrogens (tertiary/aromatic N) is 2. The van der Waals surface area contributed by atoms with Gasteiger partial charge in [-0.15, -0.1) is 0 Å². The number of anilines is 1. The van der Waals surface area contributed by atoms with Crippen molar-refractivity contribution < 1.29 is 9.59 Å². The van der Waals surface area contributed by atoms with Crippen molar-refractivity contribution in [1.82, 2.24) is 4.98 Å². The lowest BCUT2D eigenvalue weighted by Crippen LogP contribution is -2.40. The Morgan fingerprint density at radius 1 is 1.24 bits per heavy atom. The maximum atomic E-state index is 13.3. The van der Waals surface area contributed by atoms with Gasteiger partial charge >= 0.3 is 0 Å². The van der Waals surface area contributed by atoms with Crippen molar-refractivity contribution >= 4 is 34.6 Å². The van der Waals surface area contributed by atoms with Gasteiger partial charge in [0.2, 0.25) is 5.91 Å². The molecule has 2 aliphatic rings. The minimum absolute atomic E-state index is 0.107. The molecule has 1 aliphatic heterocycles. The van der Waals surface area contributed by atoms with Crippen LogP contribution in [0.1, 0.15) is 50.7 Å². The van der Waals surface area contributed by atoms with Crippen LogP contribution in [0.4, 0.5) is 5.82 Å². The van der Waals surface area contributed by atoms with Crippen molar-refractivity contribution in [1.29, 1.82) is 0 Å². The monoisotopic (exact) mass is 407 g/mol. The highest BCUT2D eigenvalue weighted by Gasteiger charge is 2.45. The van der Waals surface area contributed by atoms with E-state index in [0.29, 0.717) is 17.8 Å². The van der Waals surface area contributed by atoms with E-state index in [1.165, 1.54) is 0 Å². The van der Waals surface area contributed by atoms with Crippen LogP contribution >= 0.6 is 11.3 Å². The quantitative estimate of drug-likeness (QED) is 0.786. The zero-order valence-electron chi connectivity index (χ0n) is 17.2. The van der Waals surface area contributed by atoms with Crippen molar-refractivity contribution in [2.75, 3.05) is 5.32 Å². The predicted octanol–water partition coefficient (Wildman–Crippen LogP) is 4.91. The zero-order valence-corrected chi connectivity index (χ0v) is 18.0. The summed E-state index contributed by atoms with van der Waals surface area (Å²) in [4.78, 5) is 35.5. The third-order valence-electron chi connectivity index (χ3n) is 5.65. The third-order valence-corrected chi connectivity index (χ3v) is 6.36. The Kier molecular flexibility index (Phi) is 4.99. The molecule has 0 bridgehead atoms. The number of nitrogens with one attached hydrogen (secondary N) is 1. The Labute approximate surface area is 175 Å². The second-order valence-electron chi connectivity index (χ2n) is 8.77. The van der Waals surface area contributed by atoms with Crippen molar-refractivity contribution in [3.05, 3.63) is 57.6 Å². The molecule has 1 aliphatic carbocycles. The molecule has 2 aromatic rings. The summed E-state index contributed by atoms with van der Waals surface area (Å²) in [5, 5.41) is 6.96. The second kappa shape index (κ2) is 7.34. The molecule has 1 unspecified atom stereocenters. The maximum absolute atomic E-state index is 13.3. The summed E-state index contributed by atoms with van der Waals surface area (Å²) in [5.41, 5.74) is 4.22. The van der Waals surface area contributed by atoms with Crippen LogP contribution in [0.2, 0.25) is 0 Å². The number of hydrogen-bond donors (Lipinski definition) is 1. The normalized spacial score (nSPS) is 23.4. The fourth-order valence-electron chi connectivity index (χ4n) is 4.41. The Bertz CT molecular complexity index is 1030. The molecule has 0 saturated carbocycles. The van der Waals surface area contributed by atoms with Crippen LogP contribution in [0.25, 0.3) is 0 Å². The lowest BCUT2D eigenvalue weighted by atomic mass is 9.67. The maximum Gasteiger partial charge on any atom is 0.235 e. The van der Waals surface area contributed by atoms with Gasteiger partial charge in [0.15, 0.2) is 5.78 Å². The summed E-state index contributed by atoms with van der Waals surface area (Å²) in [6, 6.07) is 5.74. The number of aliphatic imine (C=N–C) groups is 1. The van der Waals surface area contributed by atoms with Gasteiger partial charge in [-0.1, -0.05) is 13.8 Å². The van der Waals surface area contributed by atoms with Gasteiger partial charge in [0.05, 0.1) is 5.92 Å². The zero-order chi connectivity index (χ0) is 20.8. The van der Waals surface area contributed by atoms with Crippen molar-refractivity contribution in [2.45, 2.75) is 46.5 Å². The first-order valence-electron chi connectivity index (χ1n) is 9.82. The standard InChI is InChI=1S/C23H25N3O2S/c1-13-5-7-24-18(9-13)26-22(28)19-14(2)25-16-10-23(3,4)11-17(27)21(16)20(19)15-6-8-29-12-15/h5-9,12,19-20H,10-11H2,1-4H3,(H,24,26,28)/t19?,20-/m0/s1. The SMILES string of the molecule is CC1=NC2=C(C(=O)CC(C)(C)C2)[C@@H](c2ccsc2)C1C(=O)Nc1cc(C)ccn1. The number of carbonyl (C=O) groups is 2. The van der Waals surface area contributed by atoms with Crippen LogP contribution in [0, 0.1) is 18.3 Å². The van der Waals surface area contributed by atoms with Crippen molar-refractivity contribution in [2.24, 2.45) is 16.3 Å². The molecule has 1 amide bonds. The predicted molar refractivity (Wildman–Crippen MR) is 116 cm³/mol. The summed E-state index contributed by atoms with van der Waals surface area (Å²) in [5.74, 6) is -0.388. The molecule has 2 atom stereocenters. The van der Waals surface area contributed by atoms with Crippen LogP contribution in [-0.4, -0.2) is 22.4 Å².